The standard InChI is InChI=1S/C15H21Cl/c1-10(2)12-4-8-14(9-5-12)15(16)11(3)13-6-7-13/h4-5,8-11,13,15H,6-7H2,1-3H3. The van der Waals surface area contributed by atoms with Crippen LogP contribution >= 0.6 is 11.6 Å². The molecular weight excluding hydrogens is 216 g/mol. The zero-order valence-corrected chi connectivity index (χ0v) is 11.2. The van der Waals surface area contributed by atoms with Crippen LogP contribution in [0.4, 0.5) is 0 Å². The molecule has 2 rings (SSSR count). The monoisotopic (exact) mass is 236 g/mol. The van der Waals surface area contributed by atoms with Crippen molar-refractivity contribution in [3.8, 4) is 0 Å². The van der Waals surface area contributed by atoms with Crippen molar-refractivity contribution < 1.29 is 0 Å². The van der Waals surface area contributed by atoms with Gasteiger partial charge >= 0.3 is 0 Å². The molecule has 1 aromatic carbocycles. The Morgan fingerprint density at radius 2 is 1.50 bits per heavy atom. The molecule has 1 heteroatoms. The van der Waals surface area contributed by atoms with Gasteiger partial charge < -0.3 is 0 Å². The zero-order chi connectivity index (χ0) is 11.7. The van der Waals surface area contributed by atoms with E-state index in [0.29, 0.717) is 11.8 Å². The van der Waals surface area contributed by atoms with E-state index in [0.717, 1.165) is 5.92 Å². The van der Waals surface area contributed by atoms with E-state index in [1.807, 2.05) is 0 Å². The van der Waals surface area contributed by atoms with Crippen LogP contribution in [0.1, 0.15) is 56.0 Å². The molecule has 0 heterocycles. The molecule has 16 heavy (non-hydrogen) atoms. The van der Waals surface area contributed by atoms with Crippen LogP contribution in [-0.2, 0) is 0 Å². The number of alkyl halides is 1. The summed E-state index contributed by atoms with van der Waals surface area (Å²) in [6, 6.07) is 8.84. The molecule has 0 nitrogen and oxygen atoms in total. The Hall–Kier alpha value is -0.490. The van der Waals surface area contributed by atoms with E-state index < -0.39 is 0 Å². The molecule has 0 N–H and O–H groups in total. The second-order valence-corrected chi connectivity index (χ2v) is 5.89. The van der Waals surface area contributed by atoms with Crippen LogP contribution in [-0.4, -0.2) is 0 Å². The van der Waals surface area contributed by atoms with Crippen molar-refractivity contribution in [2.45, 2.75) is 44.9 Å². The predicted molar refractivity (Wildman–Crippen MR) is 71.0 cm³/mol. The minimum Gasteiger partial charge on any atom is -0.118 e. The summed E-state index contributed by atoms with van der Waals surface area (Å²) in [4.78, 5) is 0. The van der Waals surface area contributed by atoms with E-state index in [2.05, 4.69) is 45.0 Å². The molecule has 2 atom stereocenters. The fourth-order valence-electron chi connectivity index (χ4n) is 2.23. The van der Waals surface area contributed by atoms with E-state index in [1.165, 1.54) is 24.0 Å². The van der Waals surface area contributed by atoms with Gasteiger partial charge in [-0.25, -0.2) is 0 Å². The van der Waals surface area contributed by atoms with E-state index in [4.69, 9.17) is 11.6 Å². The molecule has 1 saturated carbocycles. The summed E-state index contributed by atoms with van der Waals surface area (Å²) in [6.07, 6.45) is 2.74. The molecule has 0 radical (unpaired) electrons. The third-order valence-electron chi connectivity index (χ3n) is 3.75. The van der Waals surface area contributed by atoms with Gasteiger partial charge in [0, 0.05) is 0 Å². The largest absolute Gasteiger partial charge is 0.118 e. The predicted octanol–water partition coefficient (Wildman–Crippen LogP) is 5.14. The van der Waals surface area contributed by atoms with Crippen molar-refractivity contribution in [2.75, 3.05) is 0 Å². The Balaban J connectivity index is 2.08. The van der Waals surface area contributed by atoms with Gasteiger partial charge in [0.2, 0.25) is 0 Å². The molecule has 1 fully saturated rings. The van der Waals surface area contributed by atoms with Gasteiger partial charge in [-0.3, -0.25) is 0 Å². The van der Waals surface area contributed by atoms with Gasteiger partial charge in [0.1, 0.15) is 0 Å². The Labute approximate surface area is 104 Å². The van der Waals surface area contributed by atoms with Crippen LogP contribution in [0.2, 0.25) is 0 Å². The highest BCUT2D eigenvalue weighted by Gasteiger charge is 2.32. The summed E-state index contributed by atoms with van der Waals surface area (Å²) < 4.78 is 0. The molecule has 1 aromatic rings. The van der Waals surface area contributed by atoms with Gasteiger partial charge in [0.05, 0.1) is 5.38 Å². The van der Waals surface area contributed by atoms with Crippen LogP contribution in [0, 0.1) is 11.8 Å². The highest BCUT2D eigenvalue weighted by atomic mass is 35.5. The van der Waals surface area contributed by atoms with Gasteiger partial charge in [0.25, 0.3) is 0 Å². The normalized spacial score (nSPS) is 19.8. The van der Waals surface area contributed by atoms with E-state index in [-0.39, 0.29) is 5.38 Å². The number of rotatable bonds is 4. The second kappa shape index (κ2) is 4.79. The first-order valence-corrected chi connectivity index (χ1v) is 6.77. The van der Waals surface area contributed by atoms with Gasteiger partial charge in [-0.1, -0.05) is 45.0 Å². The summed E-state index contributed by atoms with van der Waals surface area (Å²) in [5.74, 6) is 2.09. The zero-order valence-electron chi connectivity index (χ0n) is 10.4. The number of hydrogen-bond acceptors (Lipinski definition) is 0. The van der Waals surface area contributed by atoms with Gasteiger partial charge in [-0.2, -0.15) is 0 Å². The molecular formula is C15H21Cl. The van der Waals surface area contributed by atoms with Crippen molar-refractivity contribution in [3.05, 3.63) is 35.4 Å². The van der Waals surface area contributed by atoms with Crippen LogP contribution < -0.4 is 0 Å². The molecule has 0 spiro atoms. The van der Waals surface area contributed by atoms with Crippen LogP contribution in [0.5, 0.6) is 0 Å². The van der Waals surface area contributed by atoms with Gasteiger partial charge in [0.15, 0.2) is 0 Å². The third kappa shape index (κ3) is 2.60. The van der Waals surface area contributed by atoms with E-state index in [9.17, 15) is 0 Å². The molecule has 0 amide bonds. The first kappa shape index (κ1) is 12.0. The minimum atomic E-state index is 0.189. The van der Waals surface area contributed by atoms with Crippen LogP contribution in [0.25, 0.3) is 0 Å². The lowest BCUT2D eigenvalue weighted by molar-refractivity contribution is 0.491. The third-order valence-corrected chi connectivity index (χ3v) is 4.40. The lowest BCUT2D eigenvalue weighted by Crippen LogP contribution is -2.06. The Morgan fingerprint density at radius 1 is 1.00 bits per heavy atom. The Kier molecular flexibility index (Phi) is 3.59. The van der Waals surface area contributed by atoms with Crippen molar-refractivity contribution in [1.82, 2.24) is 0 Å². The molecule has 2 unspecified atom stereocenters. The molecule has 0 aromatic heterocycles. The first-order valence-electron chi connectivity index (χ1n) is 6.33. The van der Waals surface area contributed by atoms with Crippen molar-refractivity contribution in [2.24, 2.45) is 11.8 Å². The molecule has 0 bridgehead atoms. The fourth-order valence-corrected chi connectivity index (χ4v) is 2.58. The number of benzene rings is 1. The van der Waals surface area contributed by atoms with E-state index >= 15 is 0 Å². The van der Waals surface area contributed by atoms with Crippen molar-refractivity contribution in [1.29, 1.82) is 0 Å². The summed E-state index contributed by atoms with van der Waals surface area (Å²) in [7, 11) is 0. The summed E-state index contributed by atoms with van der Waals surface area (Å²) in [5.41, 5.74) is 2.68. The fraction of sp³-hybridized carbons (Fsp3) is 0.600. The maximum atomic E-state index is 6.52. The Morgan fingerprint density at radius 3 is 1.94 bits per heavy atom. The van der Waals surface area contributed by atoms with Gasteiger partial charge in [-0.15, -0.1) is 11.6 Å². The average molecular weight is 237 g/mol. The number of halogens is 1. The molecule has 1 aliphatic rings. The lowest BCUT2D eigenvalue weighted by Gasteiger charge is -2.18. The summed E-state index contributed by atoms with van der Waals surface area (Å²) in [6.45, 7) is 6.73. The summed E-state index contributed by atoms with van der Waals surface area (Å²) in [5, 5.41) is 0.189. The highest BCUT2D eigenvalue weighted by molar-refractivity contribution is 6.21. The minimum absolute atomic E-state index is 0.189. The summed E-state index contributed by atoms with van der Waals surface area (Å²) >= 11 is 6.52. The van der Waals surface area contributed by atoms with Crippen molar-refractivity contribution in [3.63, 3.8) is 0 Å². The topological polar surface area (TPSA) is 0 Å². The molecule has 0 aliphatic heterocycles. The molecule has 1 aliphatic carbocycles. The maximum absolute atomic E-state index is 6.52. The number of hydrogen-bond donors (Lipinski definition) is 0. The first-order chi connectivity index (χ1) is 7.59. The second-order valence-electron chi connectivity index (χ2n) is 5.42. The van der Waals surface area contributed by atoms with Crippen LogP contribution in [0.15, 0.2) is 24.3 Å². The SMILES string of the molecule is CC(C)c1ccc(C(Cl)C(C)C2CC2)cc1. The average Bonchev–Trinajstić information content (AvgIpc) is 3.11. The quantitative estimate of drug-likeness (QED) is 0.636. The lowest BCUT2D eigenvalue weighted by atomic mass is 9.94. The molecule has 0 saturated heterocycles. The van der Waals surface area contributed by atoms with Crippen molar-refractivity contribution >= 4 is 11.6 Å². The maximum Gasteiger partial charge on any atom is 0.0613 e. The molecule has 88 valence electrons. The smallest absolute Gasteiger partial charge is 0.0613 e. The van der Waals surface area contributed by atoms with Crippen LogP contribution in [0.3, 0.4) is 0 Å². The van der Waals surface area contributed by atoms with E-state index in [1.54, 1.807) is 0 Å². The highest BCUT2D eigenvalue weighted by Crippen LogP contribution is 2.45. The Bertz CT molecular complexity index is 335. The van der Waals surface area contributed by atoms with Gasteiger partial charge in [-0.05, 0) is 41.7 Å².